The lowest BCUT2D eigenvalue weighted by Gasteiger charge is -2.04. The van der Waals surface area contributed by atoms with Gasteiger partial charge in [0.2, 0.25) is 0 Å². The molecule has 6 nitrogen and oxygen atoms in total. The fourth-order valence-corrected chi connectivity index (χ4v) is 2.94. The van der Waals surface area contributed by atoms with Crippen LogP contribution in [0.3, 0.4) is 0 Å². The molecule has 2 aromatic heterocycles. The lowest BCUT2D eigenvalue weighted by Crippen LogP contribution is -2.23. The van der Waals surface area contributed by atoms with Gasteiger partial charge in [0.1, 0.15) is 0 Å². The van der Waals surface area contributed by atoms with Gasteiger partial charge in [-0.1, -0.05) is 18.2 Å². The Balaban J connectivity index is 1.92. The van der Waals surface area contributed by atoms with E-state index in [1.54, 1.807) is 27.5 Å². The van der Waals surface area contributed by atoms with Crippen LogP contribution < -0.4 is 17.2 Å². The van der Waals surface area contributed by atoms with E-state index in [0.29, 0.717) is 29.3 Å². The van der Waals surface area contributed by atoms with E-state index in [1.165, 1.54) is 0 Å². The van der Waals surface area contributed by atoms with Crippen LogP contribution in [0.5, 0.6) is 0 Å². The van der Waals surface area contributed by atoms with E-state index in [4.69, 9.17) is 11.5 Å². The Morgan fingerprint density at radius 3 is 2.48 bits per heavy atom. The molecule has 2 aromatic carbocycles. The first-order valence-corrected chi connectivity index (χ1v) is 7.90. The Morgan fingerprint density at radius 2 is 1.72 bits per heavy atom. The van der Waals surface area contributed by atoms with Crippen LogP contribution in [0.25, 0.3) is 16.9 Å². The van der Waals surface area contributed by atoms with Gasteiger partial charge in [-0.25, -0.2) is 14.3 Å². The van der Waals surface area contributed by atoms with Gasteiger partial charge in [-0.05, 0) is 48.0 Å². The van der Waals surface area contributed by atoms with Gasteiger partial charge in [0.05, 0.1) is 17.7 Å². The molecule has 0 saturated heterocycles. The Morgan fingerprint density at radius 1 is 0.920 bits per heavy atom. The van der Waals surface area contributed by atoms with Gasteiger partial charge in [0, 0.05) is 17.6 Å². The molecule has 0 radical (unpaired) electrons. The van der Waals surface area contributed by atoms with Crippen molar-refractivity contribution in [3.8, 4) is 5.69 Å². The molecule has 0 aliphatic heterocycles. The maximum absolute atomic E-state index is 13.1. The van der Waals surface area contributed by atoms with Crippen molar-refractivity contribution in [1.29, 1.82) is 0 Å². The molecule has 0 saturated carbocycles. The van der Waals surface area contributed by atoms with Crippen LogP contribution in [0, 0.1) is 0 Å². The smallest absolute Gasteiger partial charge is 0.335 e. The Hall–Kier alpha value is -3.54. The van der Waals surface area contributed by atoms with Gasteiger partial charge >= 0.3 is 5.69 Å². The minimum Gasteiger partial charge on any atom is -0.399 e. The summed E-state index contributed by atoms with van der Waals surface area (Å²) in [7, 11) is 0. The molecule has 0 unspecified atom stereocenters. The summed E-state index contributed by atoms with van der Waals surface area (Å²) in [5.41, 5.74) is 15.8. The molecule has 25 heavy (non-hydrogen) atoms. The first-order valence-electron chi connectivity index (χ1n) is 7.90. The predicted molar refractivity (Wildman–Crippen MR) is 99.7 cm³/mol. The second-order valence-corrected chi connectivity index (χ2v) is 5.89. The number of anilines is 2. The third-order valence-electron chi connectivity index (χ3n) is 4.14. The number of pyridine rings is 1. The molecule has 0 aliphatic rings. The fraction of sp³-hybridized carbons (Fsp3) is 0.0526. The molecule has 0 bridgehead atoms. The maximum atomic E-state index is 13.1. The maximum Gasteiger partial charge on any atom is 0.335 e. The molecular formula is C19H17N5O. The lowest BCUT2D eigenvalue weighted by atomic mass is 10.2. The molecular weight excluding hydrogens is 314 g/mol. The summed E-state index contributed by atoms with van der Waals surface area (Å²) >= 11 is 0. The van der Waals surface area contributed by atoms with Crippen LogP contribution in [0.15, 0.2) is 71.7 Å². The minimum absolute atomic E-state index is 0.156. The van der Waals surface area contributed by atoms with Crippen molar-refractivity contribution in [2.75, 3.05) is 11.5 Å². The summed E-state index contributed by atoms with van der Waals surface area (Å²) in [6.45, 7) is 0.441. The van der Waals surface area contributed by atoms with Crippen molar-refractivity contribution in [1.82, 2.24) is 14.1 Å². The zero-order valence-electron chi connectivity index (χ0n) is 13.5. The van der Waals surface area contributed by atoms with Crippen molar-refractivity contribution in [2.45, 2.75) is 6.54 Å². The average Bonchev–Trinajstić information content (AvgIpc) is 2.89. The van der Waals surface area contributed by atoms with E-state index in [-0.39, 0.29) is 5.69 Å². The third-order valence-corrected chi connectivity index (χ3v) is 4.14. The van der Waals surface area contributed by atoms with Gasteiger partial charge in [-0.3, -0.25) is 4.57 Å². The van der Waals surface area contributed by atoms with Crippen LogP contribution >= 0.6 is 0 Å². The van der Waals surface area contributed by atoms with Crippen molar-refractivity contribution >= 4 is 22.5 Å². The number of fused-ring (bicyclic) bond motifs is 1. The summed E-state index contributed by atoms with van der Waals surface area (Å²) in [5.74, 6) is 0. The first kappa shape index (κ1) is 15.0. The highest BCUT2D eigenvalue weighted by Gasteiger charge is 2.15. The number of rotatable bonds is 3. The second kappa shape index (κ2) is 5.83. The van der Waals surface area contributed by atoms with E-state index < -0.39 is 0 Å². The molecule has 4 N–H and O–H groups in total. The summed E-state index contributed by atoms with van der Waals surface area (Å²) < 4.78 is 3.29. The molecule has 0 spiro atoms. The van der Waals surface area contributed by atoms with Crippen LogP contribution in [-0.2, 0) is 6.54 Å². The third kappa shape index (κ3) is 2.63. The van der Waals surface area contributed by atoms with E-state index in [9.17, 15) is 4.79 Å². The number of aromatic nitrogens is 3. The van der Waals surface area contributed by atoms with Crippen molar-refractivity contribution in [3.63, 3.8) is 0 Å². The number of benzene rings is 2. The van der Waals surface area contributed by atoms with E-state index in [1.807, 2.05) is 48.5 Å². The fourth-order valence-electron chi connectivity index (χ4n) is 2.94. The molecule has 0 atom stereocenters. The van der Waals surface area contributed by atoms with Crippen molar-refractivity contribution < 1.29 is 0 Å². The lowest BCUT2D eigenvalue weighted by molar-refractivity contribution is 0.763. The molecule has 124 valence electrons. The number of imidazole rings is 1. The predicted octanol–water partition coefficient (Wildman–Crippen LogP) is 2.40. The standard InChI is InChI=1S/C19H17N5O/c20-14-8-6-13(7-9-14)12-23-17-5-2-10-22-18(17)24(19(23)25)16-4-1-3-15(21)11-16/h1-11H,12,20-21H2. The van der Waals surface area contributed by atoms with Gasteiger partial charge in [0.15, 0.2) is 5.65 Å². The monoisotopic (exact) mass is 331 g/mol. The zero-order chi connectivity index (χ0) is 17.4. The molecule has 6 heteroatoms. The van der Waals surface area contributed by atoms with E-state index in [0.717, 1.165) is 11.1 Å². The van der Waals surface area contributed by atoms with Crippen LogP contribution in [0.2, 0.25) is 0 Å². The van der Waals surface area contributed by atoms with Crippen LogP contribution in [-0.4, -0.2) is 14.1 Å². The van der Waals surface area contributed by atoms with Crippen LogP contribution in [0.1, 0.15) is 5.56 Å². The zero-order valence-corrected chi connectivity index (χ0v) is 13.5. The highest BCUT2D eigenvalue weighted by atomic mass is 16.1. The first-order chi connectivity index (χ1) is 12.1. The minimum atomic E-state index is -0.156. The van der Waals surface area contributed by atoms with E-state index in [2.05, 4.69) is 4.98 Å². The molecule has 0 amide bonds. The van der Waals surface area contributed by atoms with Crippen molar-refractivity contribution in [2.24, 2.45) is 0 Å². The van der Waals surface area contributed by atoms with Gasteiger partial charge in [-0.15, -0.1) is 0 Å². The number of hydrogen-bond acceptors (Lipinski definition) is 4. The summed E-state index contributed by atoms with van der Waals surface area (Å²) in [5, 5.41) is 0. The average molecular weight is 331 g/mol. The quantitative estimate of drug-likeness (QED) is 0.564. The van der Waals surface area contributed by atoms with Gasteiger partial charge < -0.3 is 11.5 Å². The Bertz CT molecular complexity index is 1110. The molecule has 0 aliphatic carbocycles. The Labute approximate surface area is 144 Å². The highest BCUT2D eigenvalue weighted by molar-refractivity contribution is 5.74. The largest absolute Gasteiger partial charge is 0.399 e. The number of hydrogen-bond donors (Lipinski definition) is 2. The summed E-state index contributed by atoms with van der Waals surface area (Å²) in [6.07, 6.45) is 1.68. The molecule has 0 fully saturated rings. The normalized spacial score (nSPS) is 11.0. The molecule has 4 aromatic rings. The summed E-state index contributed by atoms with van der Waals surface area (Å²) in [6, 6.07) is 18.4. The molecule has 4 rings (SSSR count). The number of nitrogens with two attached hydrogens (primary N) is 2. The topological polar surface area (TPSA) is 91.9 Å². The van der Waals surface area contributed by atoms with Gasteiger partial charge in [-0.2, -0.15) is 0 Å². The summed E-state index contributed by atoms with van der Waals surface area (Å²) in [4.78, 5) is 17.5. The van der Waals surface area contributed by atoms with E-state index >= 15 is 0 Å². The SMILES string of the molecule is Nc1ccc(Cn2c(=O)n(-c3cccc(N)c3)c3ncccc32)cc1. The number of nitrogens with zero attached hydrogens (tertiary/aromatic N) is 3. The second-order valence-electron chi connectivity index (χ2n) is 5.89. The molecule has 2 heterocycles. The van der Waals surface area contributed by atoms with Crippen LogP contribution in [0.4, 0.5) is 11.4 Å². The van der Waals surface area contributed by atoms with Crippen molar-refractivity contribution in [3.05, 3.63) is 82.9 Å². The van der Waals surface area contributed by atoms with Gasteiger partial charge in [0.25, 0.3) is 0 Å². The highest BCUT2D eigenvalue weighted by Crippen LogP contribution is 2.18. The number of nitrogen functional groups attached to an aromatic ring is 2. The Kier molecular flexibility index (Phi) is 3.50.